The quantitative estimate of drug-likeness (QED) is 0.436. The molecule has 0 aromatic heterocycles. The maximum atomic E-state index is 11.6. The second-order valence-corrected chi connectivity index (χ2v) is 9.99. The summed E-state index contributed by atoms with van der Waals surface area (Å²) in [5.41, 5.74) is 0. The summed E-state index contributed by atoms with van der Waals surface area (Å²) in [6.07, 6.45) is 21.8. The summed E-state index contributed by atoms with van der Waals surface area (Å²) in [6, 6.07) is 0. The molecule has 0 unspecified atom stereocenters. The third-order valence-corrected chi connectivity index (χ3v) is 8.26. The molecule has 3 fully saturated rings. The first-order valence-corrected chi connectivity index (χ1v) is 12.4. The highest BCUT2D eigenvalue weighted by molar-refractivity contribution is 5.69. The Bertz CT molecular complexity index is 430. The van der Waals surface area contributed by atoms with E-state index in [1.165, 1.54) is 83.5 Å². The predicted molar refractivity (Wildman–Crippen MR) is 113 cm³/mol. The van der Waals surface area contributed by atoms with Crippen molar-refractivity contribution < 1.29 is 9.53 Å². The molecule has 3 aliphatic rings. The van der Waals surface area contributed by atoms with Crippen molar-refractivity contribution in [3.05, 3.63) is 0 Å². The molecule has 0 heterocycles. The van der Waals surface area contributed by atoms with Crippen LogP contribution in [0.15, 0.2) is 0 Å². The Balaban J connectivity index is 1.38. The molecule has 2 atom stereocenters. The van der Waals surface area contributed by atoms with Crippen molar-refractivity contribution in [3.8, 4) is 0 Å². The molecule has 0 aromatic rings. The van der Waals surface area contributed by atoms with Gasteiger partial charge in [-0.3, -0.25) is 4.79 Å². The number of rotatable bonds is 7. The van der Waals surface area contributed by atoms with E-state index in [1.54, 1.807) is 0 Å². The van der Waals surface area contributed by atoms with E-state index in [0.29, 0.717) is 6.42 Å². The highest BCUT2D eigenvalue weighted by atomic mass is 16.5. The lowest BCUT2D eigenvalue weighted by Gasteiger charge is -2.41. The number of carbonyl (C=O) groups is 1. The summed E-state index contributed by atoms with van der Waals surface area (Å²) in [5.74, 6) is 4.82. The summed E-state index contributed by atoms with van der Waals surface area (Å²) in [4.78, 5) is 11.6. The van der Waals surface area contributed by atoms with Gasteiger partial charge in [0, 0.05) is 6.42 Å². The molecule has 0 bridgehead atoms. The van der Waals surface area contributed by atoms with E-state index in [0.717, 1.165) is 42.4 Å². The molecule has 0 aliphatic heterocycles. The van der Waals surface area contributed by atoms with Gasteiger partial charge in [-0.2, -0.15) is 0 Å². The number of ether oxygens (including phenoxy) is 1. The van der Waals surface area contributed by atoms with Gasteiger partial charge in [0.25, 0.3) is 0 Å². The number of unbranched alkanes of at least 4 members (excludes halogenated alkanes) is 1. The molecule has 2 heteroatoms. The zero-order chi connectivity index (χ0) is 19.1. The van der Waals surface area contributed by atoms with Crippen molar-refractivity contribution >= 4 is 5.97 Å². The highest BCUT2D eigenvalue weighted by Gasteiger charge is 2.35. The summed E-state index contributed by atoms with van der Waals surface area (Å²) in [5, 5.41) is 0. The average Bonchev–Trinajstić information content (AvgIpc) is 2.73. The molecule has 3 saturated carbocycles. The van der Waals surface area contributed by atoms with Crippen LogP contribution in [0, 0.1) is 29.6 Å². The van der Waals surface area contributed by atoms with Gasteiger partial charge in [-0.15, -0.1) is 0 Å². The molecule has 2 nitrogen and oxygen atoms in total. The van der Waals surface area contributed by atoms with Crippen molar-refractivity contribution in [2.75, 3.05) is 0 Å². The van der Waals surface area contributed by atoms with Crippen LogP contribution in [0.2, 0.25) is 0 Å². The van der Waals surface area contributed by atoms with Gasteiger partial charge in [-0.25, -0.2) is 0 Å². The third kappa shape index (κ3) is 6.23. The number of esters is 1. The first-order chi connectivity index (χ1) is 13.2. The van der Waals surface area contributed by atoms with Gasteiger partial charge >= 0.3 is 5.97 Å². The largest absolute Gasteiger partial charge is 0.462 e. The minimum Gasteiger partial charge on any atom is -0.462 e. The van der Waals surface area contributed by atoms with E-state index in [4.69, 9.17) is 4.74 Å². The third-order valence-electron chi connectivity index (χ3n) is 8.26. The molecule has 0 spiro atoms. The standard InChI is InChI=1S/C25H44O2/c1-3-5-7-19-10-12-20(13-11-19)21-14-16-22(17-15-21)23-8-6-9-24(18-23)27-25(26)4-2/h19-24H,3-18H2,1-2H3/t19-,20-,21?,22?,23-,24+/m0/s1. The van der Waals surface area contributed by atoms with Crippen molar-refractivity contribution in [2.24, 2.45) is 29.6 Å². The van der Waals surface area contributed by atoms with Crippen LogP contribution in [0.3, 0.4) is 0 Å². The molecular formula is C25H44O2. The fourth-order valence-corrected chi connectivity index (χ4v) is 6.51. The van der Waals surface area contributed by atoms with Crippen molar-refractivity contribution in [1.82, 2.24) is 0 Å². The second-order valence-electron chi connectivity index (χ2n) is 9.99. The minimum absolute atomic E-state index is 0.00102. The molecule has 3 rings (SSSR count). The van der Waals surface area contributed by atoms with Crippen LogP contribution < -0.4 is 0 Å². The molecule has 0 radical (unpaired) electrons. The number of carbonyl (C=O) groups excluding carboxylic acids is 1. The summed E-state index contributed by atoms with van der Waals surface area (Å²) in [7, 11) is 0. The molecule has 0 aromatic carbocycles. The molecule has 0 amide bonds. The van der Waals surface area contributed by atoms with Crippen LogP contribution in [-0.4, -0.2) is 12.1 Å². The Labute approximate surface area is 168 Å². The Kier molecular flexibility index (Phi) is 8.52. The van der Waals surface area contributed by atoms with Gasteiger partial charge in [0.2, 0.25) is 0 Å². The Hall–Kier alpha value is -0.530. The van der Waals surface area contributed by atoms with E-state index in [-0.39, 0.29) is 12.1 Å². The molecule has 156 valence electrons. The lowest BCUT2D eigenvalue weighted by molar-refractivity contribution is -0.151. The van der Waals surface area contributed by atoms with E-state index in [1.807, 2.05) is 6.92 Å². The maximum Gasteiger partial charge on any atom is 0.305 e. The van der Waals surface area contributed by atoms with Crippen LogP contribution in [0.5, 0.6) is 0 Å². The predicted octanol–water partition coefficient (Wildman–Crippen LogP) is 7.30. The van der Waals surface area contributed by atoms with Crippen LogP contribution in [-0.2, 0) is 9.53 Å². The first-order valence-electron chi connectivity index (χ1n) is 12.4. The maximum absolute atomic E-state index is 11.6. The Morgan fingerprint density at radius 3 is 1.96 bits per heavy atom. The van der Waals surface area contributed by atoms with Gasteiger partial charge in [-0.1, -0.05) is 46.0 Å². The van der Waals surface area contributed by atoms with Gasteiger partial charge in [-0.05, 0) is 93.8 Å². The van der Waals surface area contributed by atoms with Gasteiger partial charge in [0.05, 0.1) is 0 Å². The zero-order valence-corrected chi connectivity index (χ0v) is 18.1. The van der Waals surface area contributed by atoms with Crippen molar-refractivity contribution in [3.63, 3.8) is 0 Å². The van der Waals surface area contributed by atoms with Gasteiger partial charge in [0.15, 0.2) is 0 Å². The molecule has 0 N–H and O–H groups in total. The second kappa shape index (κ2) is 10.9. The summed E-state index contributed by atoms with van der Waals surface area (Å²) >= 11 is 0. The normalized spacial score (nSPS) is 37.7. The fraction of sp³-hybridized carbons (Fsp3) is 0.960. The van der Waals surface area contributed by atoms with Crippen molar-refractivity contribution in [1.29, 1.82) is 0 Å². The molecular weight excluding hydrogens is 332 g/mol. The average molecular weight is 377 g/mol. The molecule has 27 heavy (non-hydrogen) atoms. The van der Waals surface area contributed by atoms with E-state index < -0.39 is 0 Å². The van der Waals surface area contributed by atoms with E-state index in [9.17, 15) is 4.79 Å². The number of hydrogen-bond acceptors (Lipinski definition) is 2. The smallest absolute Gasteiger partial charge is 0.305 e. The van der Waals surface area contributed by atoms with Gasteiger partial charge < -0.3 is 4.74 Å². The zero-order valence-electron chi connectivity index (χ0n) is 18.1. The lowest BCUT2D eigenvalue weighted by Crippen LogP contribution is -2.32. The van der Waals surface area contributed by atoms with Crippen LogP contribution >= 0.6 is 0 Å². The molecule has 3 aliphatic carbocycles. The monoisotopic (exact) mass is 376 g/mol. The SMILES string of the molecule is CCCC[C@H]1CC[C@H](C2CCC([C@H]3CCC[C@@H](OC(=O)CC)C3)CC2)CC1. The van der Waals surface area contributed by atoms with Crippen LogP contribution in [0.4, 0.5) is 0 Å². The summed E-state index contributed by atoms with van der Waals surface area (Å²) in [6.45, 7) is 4.23. The Morgan fingerprint density at radius 2 is 1.37 bits per heavy atom. The van der Waals surface area contributed by atoms with E-state index in [2.05, 4.69) is 6.92 Å². The van der Waals surface area contributed by atoms with Gasteiger partial charge in [0.1, 0.15) is 6.10 Å². The van der Waals surface area contributed by atoms with Crippen molar-refractivity contribution in [2.45, 2.75) is 123 Å². The lowest BCUT2D eigenvalue weighted by atomic mass is 9.65. The number of hydrogen-bond donors (Lipinski definition) is 0. The van der Waals surface area contributed by atoms with Crippen LogP contribution in [0.25, 0.3) is 0 Å². The molecule has 0 saturated heterocycles. The fourth-order valence-electron chi connectivity index (χ4n) is 6.51. The van der Waals surface area contributed by atoms with E-state index >= 15 is 0 Å². The summed E-state index contributed by atoms with van der Waals surface area (Å²) < 4.78 is 5.68. The minimum atomic E-state index is -0.00102. The highest BCUT2D eigenvalue weighted by Crippen LogP contribution is 2.46. The Morgan fingerprint density at radius 1 is 0.778 bits per heavy atom. The first kappa shape index (κ1) is 21.2. The topological polar surface area (TPSA) is 26.3 Å². The van der Waals surface area contributed by atoms with Crippen LogP contribution in [0.1, 0.15) is 117 Å².